The lowest BCUT2D eigenvalue weighted by Crippen LogP contribution is -2.29. The second-order valence-corrected chi connectivity index (χ2v) is 5.25. The predicted molar refractivity (Wildman–Crippen MR) is 84.2 cm³/mol. The molecule has 5 nitrogen and oxygen atoms in total. The molecule has 20 heavy (non-hydrogen) atoms. The summed E-state index contributed by atoms with van der Waals surface area (Å²) in [6.07, 6.45) is 9.05. The lowest BCUT2D eigenvalue weighted by atomic mass is 10.1. The number of nitrogens with zero attached hydrogens (tertiary/aromatic N) is 3. The smallest absolute Gasteiger partial charge is 0.268 e. The van der Waals surface area contributed by atoms with E-state index >= 15 is 0 Å². The van der Waals surface area contributed by atoms with Gasteiger partial charge in [-0.05, 0) is 6.42 Å². The van der Waals surface area contributed by atoms with Crippen LogP contribution in [0.15, 0.2) is 17.1 Å². The van der Waals surface area contributed by atoms with Gasteiger partial charge in [-0.25, -0.2) is 4.68 Å². The van der Waals surface area contributed by atoms with Crippen LogP contribution in [0, 0.1) is 0 Å². The first-order chi connectivity index (χ1) is 9.69. The van der Waals surface area contributed by atoms with E-state index in [4.69, 9.17) is 5.73 Å². The van der Waals surface area contributed by atoms with Crippen LogP contribution in [0.3, 0.4) is 0 Å². The third kappa shape index (κ3) is 5.74. The molecule has 0 spiro atoms. The molecule has 5 heteroatoms. The first-order valence-corrected chi connectivity index (χ1v) is 7.67. The van der Waals surface area contributed by atoms with Crippen molar-refractivity contribution in [2.24, 2.45) is 5.73 Å². The Morgan fingerprint density at radius 2 is 1.95 bits per heavy atom. The molecule has 0 unspecified atom stereocenters. The molecule has 0 bridgehead atoms. The molecule has 0 aliphatic rings. The average Bonchev–Trinajstić information content (AvgIpc) is 2.44. The second kappa shape index (κ2) is 9.53. The van der Waals surface area contributed by atoms with Crippen molar-refractivity contribution in [1.29, 1.82) is 0 Å². The van der Waals surface area contributed by atoms with Gasteiger partial charge in [-0.2, -0.15) is 5.10 Å². The summed E-state index contributed by atoms with van der Waals surface area (Å²) in [6, 6.07) is 1.64. The summed E-state index contributed by atoms with van der Waals surface area (Å²) in [4.78, 5) is 13.9. The SMILES string of the molecule is CCCCCCCCn1ncc(N(C)CCN)cc1=O. The summed E-state index contributed by atoms with van der Waals surface area (Å²) >= 11 is 0. The highest BCUT2D eigenvalue weighted by atomic mass is 16.1. The standard InChI is InChI=1S/C15H28N4O/c1-3-4-5-6-7-8-10-19-15(20)12-14(13-17-19)18(2)11-9-16/h12-13H,3-11,16H2,1-2H3. The second-order valence-electron chi connectivity index (χ2n) is 5.25. The minimum atomic E-state index is -0.0278. The molecular weight excluding hydrogens is 252 g/mol. The lowest BCUT2D eigenvalue weighted by molar-refractivity contribution is 0.509. The minimum Gasteiger partial charge on any atom is -0.372 e. The monoisotopic (exact) mass is 280 g/mol. The highest BCUT2D eigenvalue weighted by Crippen LogP contribution is 2.07. The van der Waals surface area contributed by atoms with E-state index in [1.54, 1.807) is 16.9 Å². The van der Waals surface area contributed by atoms with Crippen LogP contribution >= 0.6 is 0 Å². The van der Waals surface area contributed by atoms with E-state index in [0.29, 0.717) is 13.1 Å². The molecule has 0 saturated heterocycles. The van der Waals surface area contributed by atoms with E-state index in [2.05, 4.69) is 12.0 Å². The predicted octanol–water partition coefficient (Wildman–Crippen LogP) is 2.00. The molecule has 0 saturated carbocycles. The van der Waals surface area contributed by atoms with E-state index in [9.17, 15) is 4.79 Å². The van der Waals surface area contributed by atoms with E-state index in [-0.39, 0.29) is 5.56 Å². The van der Waals surface area contributed by atoms with Crippen LogP contribution in [0.4, 0.5) is 5.69 Å². The summed E-state index contributed by atoms with van der Waals surface area (Å²) in [5, 5.41) is 4.24. The Morgan fingerprint density at radius 3 is 2.60 bits per heavy atom. The Labute approximate surface area is 121 Å². The van der Waals surface area contributed by atoms with Crippen LogP contribution in [-0.2, 0) is 6.54 Å². The Hall–Kier alpha value is -1.36. The molecule has 1 aromatic rings. The Kier molecular flexibility index (Phi) is 7.95. The van der Waals surface area contributed by atoms with Gasteiger partial charge in [0.25, 0.3) is 5.56 Å². The van der Waals surface area contributed by atoms with Gasteiger partial charge in [0, 0.05) is 32.7 Å². The van der Waals surface area contributed by atoms with Crippen molar-refractivity contribution in [1.82, 2.24) is 9.78 Å². The quantitative estimate of drug-likeness (QED) is 0.666. The fraction of sp³-hybridized carbons (Fsp3) is 0.733. The number of hydrogen-bond acceptors (Lipinski definition) is 4. The van der Waals surface area contributed by atoms with Crippen LogP contribution < -0.4 is 16.2 Å². The summed E-state index contributed by atoms with van der Waals surface area (Å²) in [7, 11) is 1.92. The van der Waals surface area contributed by atoms with Gasteiger partial charge in [0.1, 0.15) is 0 Å². The molecule has 0 radical (unpaired) electrons. The number of hydrogen-bond donors (Lipinski definition) is 1. The normalized spacial score (nSPS) is 10.8. The molecule has 1 heterocycles. The van der Waals surface area contributed by atoms with Crippen LogP contribution in [-0.4, -0.2) is 29.9 Å². The third-order valence-corrected chi connectivity index (χ3v) is 3.48. The zero-order valence-corrected chi connectivity index (χ0v) is 12.8. The fourth-order valence-corrected chi connectivity index (χ4v) is 2.17. The summed E-state index contributed by atoms with van der Waals surface area (Å²) < 4.78 is 1.56. The molecule has 0 fully saturated rings. The molecule has 0 amide bonds. The molecule has 2 N–H and O–H groups in total. The van der Waals surface area contributed by atoms with Gasteiger partial charge in [-0.1, -0.05) is 39.0 Å². The van der Waals surface area contributed by atoms with Gasteiger partial charge in [0.05, 0.1) is 11.9 Å². The van der Waals surface area contributed by atoms with Gasteiger partial charge in [-0.15, -0.1) is 0 Å². The van der Waals surface area contributed by atoms with Gasteiger partial charge >= 0.3 is 0 Å². The average molecular weight is 280 g/mol. The van der Waals surface area contributed by atoms with Crippen LogP contribution in [0.25, 0.3) is 0 Å². The van der Waals surface area contributed by atoms with Crippen molar-refractivity contribution in [2.75, 3.05) is 25.0 Å². The van der Waals surface area contributed by atoms with Gasteiger partial charge in [0.2, 0.25) is 0 Å². The summed E-state index contributed by atoms with van der Waals surface area (Å²) in [5.41, 5.74) is 6.31. The number of nitrogens with two attached hydrogens (primary N) is 1. The zero-order chi connectivity index (χ0) is 14.8. The maximum atomic E-state index is 12.0. The molecule has 1 rings (SSSR count). The van der Waals surface area contributed by atoms with E-state index in [0.717, 1.165) is 18.7 Å². The van der Waals surface area contributed by atoms with Crippen molar-refractivity contribution in [3.8, 4) is 0 Å². The molecule has 0 aliphatic heterocycles. The molecule has 0 aromatic carbocycles. The highest BCUT2D eigenvalue weighted by Gasteiger charge is 2.04. The van der Waals surface area contributed by atoms with E-state index in [1.807, 2.05) is 11.9 Å². The molecule has 0 aliphatic carbocycles. The zero-order valence-electron chi connectivity index (χ0n) is 12.8. The number of rotatable bonds is 10. The Bertz CT molecular complexity index is 430. The maximum absolute atomic E-state index is 12.0. The lowest BCUT2D eigenvalue weighted by Gasteiger charge is -2.17. The van der Waals surface area contributed by atoms with Crippen molar-refractivity contribution >= 4 is 5.69 Å². The van der Waals surface area contributed by atoms with Gasteiger partial charge in [-0.3, -0.25) is 4.79 Å². The Morgan fingerprint density at radius 1 is 1.25 bits per heavy atom. The highest BCUT2D eigenvalue weighted by molar-refractivity contribution is 5.41. The molecule has 114 valence electrons. The van der Waals surface area contributed by atoms with Gasteiger partial charge in [0.15, 0.2) is 0 Å². The summed E-state index contributed by atoms with van der Waals surface area (Å²) in [5.74, 6) is 0. The third-order valence-electron chi connectivity index (χ3n) is 3.48. The van der Waals surface area contributed by atoms with E-state index < -0.39 is 0 Å². The topological polar surface area (TPSA) is 64.2 Å². The first kappa shape index (κ1) is 16.7. The first-order valence-electron chi connectivity index (χ1n) is 7.67. The molecule has 0 atom stereocenters. The number of anilines is 1. The van der Waals surface area contributed by atoms with Crippen molar-refractivity contribution in [2.45, 2.75) is 52.0 Å². The van der Waals surface area contributed by atoms with Crippen LogP contribution in [0.2, 0.25) is 0 Å². The number of aryl methyl sites for hydroxylation is 1. The summed E-state index contributed by atoms with van der Waals surface area (Å²) in [6.45, 7) is 4.22. The van der Waals surface area contributed by atoms with Crippen molar-refractivity contribution < 1.29 is 0 Å². The van der Waals surface area contributed by atoms with E-state index in [1.165, 1.54) is 32.1 Å². The fourth-order valence-electron chi connectivity index (χ4n) is 2.17. The number of unbranched alkanes of at least 4 members (excludes halogenated alkanes) is 5. The largest absolute Gasteiger partial charge is 0.372 e. The number of likely N-dealkylation sites (N-methyl/N-ethyl adjacent to an activating group) is 1. The maximum Gasteiger partial charge on any atom is 0.268 e. The molecular formula is C15H28N4O. The Balaban J connectivity index is 2.42. The van der Waals surface area contributed by atoms with Gasteiger partial charge < -0.3 is 10.6 Å². The molecule has 1 aromatic heterocycles. The van der Waals surface area contributed by atoms with Crippen molar-refractivity contribution in [3.05, 3.63) is 22.6 Å². The van der Waals surface area contributed by atoms with Crippen molar-refractivity contribution in [3.63, 3.8) is 0 Å². The van der Waals surface area contributed by atoms with Crippen LogP contribution in [0.1, 0.15) is 45.4 Å². The minimum absolute atomic E-state index is 0.0278. The number of aromatic nitrogens is 2. The van der Waals surface area contributed by atoms with Crippen LogP contribution in [0.5, 0.6) is 0 Å².